The first-order valence-corrected chi connectivity index (χ1v) is 14.7. The highest BCUT2D eigenvalue weighted by molar-refractivity contribution is 7.19. The third-order valence-corrected chi connectivity index (χ3v) is 10.6. The van der Waals surface area contributed by atoms with Crippen LogP contribution < -0.4 is 0 Å². The van der Waals surface area contributed by atoms with Crippen LogP contribution in [0.3, 0.4) is 0 Å². The van der Waals surface area contributed by atoms with Gasteiger partial charge in [0.2, 0.25) is 0 Å². The first kappa shape index (κ1) is 24.0. The fraction of sp³-hybridized carbons (Fsp3) is 0.517. The van der Waals surface area contributed by atoms with Crippen molar-refractivity contribution >= 4 is 27.2 Å². The number of hydrogen-bond acceptors (Lipinski definition) is 6. The van der Waals surface area contributed by atoms with Gasteiger partial charge in [0, 0.05) is 54.4 Å². The van der Waals surface area contributed by atoms with Gasteiger partial charge in [0.25, 0.3) is 0 Å². The van der Waals surface area contributed by atoms with Crippen molar-refractivity contribution in [2.24, 2.45) is 13.0 Å². The van der Waals surface area contributed by atoms with E-state index in [4.69, 9.17) is 0 Å². The standard InChI is InChI=1S/C29H36N8S/c1-15(2)24-25-18(5)27(22-9-21-8-7-19(22)10-36(21)12-20-11-35(6)34-33-20)38-29(25)32-26(24)23-13-37-28(30-14-31-37)17(4)16(23)3/h11,13-15,19,21-22,32H,7-10,12H2,1-6H3/t19-,21?,22-/m0/s1. The van der Waals surface area contributed by atoms with E-state index >= 15 is 0 Å². The van der Waals surface area contributed by atoms with E-state index in [0.717, 1.165) is 24.4 Å². The summed E-state index contributed by atoms with van der Waals surface area (Å²) in [5, 5.41) is 14.4. The number of nitrogens with one attached hydrogen (secondary N) is 1. The number of fused-ring (bicyclic) bond motifs is 5. The van der Waals surface area contributed by atoms with Crippen LogP contribution in [0.4, 0.5) is 0 Å². The van der Waals surface area contributed by atoms with Crippen molar-refractivity contribution in [1.82, 2.24) is 39.5 Å². The first-order chi connectivity index (χ1) is 18.3. The lowest BCUT2D eigenvalue weighted by molar-refractivity contribution is 0.0257. The fourth-order valence-electron chi connectivity index (χ4n) is 7.25. The van der Waals surface area contributed by atoms with E-state index in [-0.39, 0.29) is 0 Å². The van der Waals surface area contributed by atoms with Crippen LogP contribution in [0.25, 0.3) is 27.1 Å². The minimum Gasteiger partial charge on any atom is -0.346 e. The van der Waals surface area contributed by atoms with Crippen LogP contribution in [0.5, 0.6) is 0 Å². The number of aromatic amines is 1. The number of thiophene rings is 1. The molecule has 3 aliphatic rings. The van der Waals surface area contributed by atoms with E-state index in [9.17, 15) is 0 Å². The second kappa shape index (κ2) is 8.74. The molecular formula is C29H36N8S. The Kier molecular flexibility index (Phi) is 5.53. The second-order valence-electron chi connectivity index (χ2n) is 11.8. The summed E-state index contributed by atoms with van der Waals surface area (Å²) >= 11 is 2.01. The third kappa shape index (κ3) is 3.58. The number of rotatable bonds is 5. The Morgan fingerprint density at radius 3 is 2.66 bits per heavy atom. The highest BCUT2D eigenvalue weighted by Crippen LogP contribution is 2.51. The molecule has 2 aliphatic heterocycles. The lowest BCUT2D eigenvalue weighted by Gasteiger charge is -2.49. The van der Waals surface area contributed by atoms with Gasteiger partial charge in [-0.15, -0.1) is 16.4 Å². The molecule has 0 amide bonds. The molecule has 0 aromatic carbocycles. The number of hydrogen-bond donors (Lipinski definition) is 1. The highest BCUT2D eigenvalue weighted by atomic mass is 32.1. The molecule has 8 rings (SSSR count). The Balaban J connectivity index is 1.26. The van der Waals surface area contributed by atoms with Crippen molar-refractivity contribution in [2.75, 3.05) is 6.54 Å². The van der Waals surface area contributed by atoms with Gasteiger partial charge in [-0.2, -0.15) is 5.10 Å². The molecule has 198 valence electrons. The van der Waals surface area contributed by atoms with Gasteiger partial charge in [-0.05, 0) is 80.0 Å². The quantitative estimate of drug-likeness (QED) is 0.308. The molecule has 38 heavy (non-hydrogen) atoms. The minimum atomic E-state index is 0.413. The molecule has 1 unspecified atom stereocenters. The Bertz CT molecular complexity index is 1670. The average Bonchev–Trinajstić information content (AvgIpc) is 3.67. The predicted molar refractivity (Wildman–Crippen MR) is 152 cm³/mol. The molecule has 7 heterocycles. The van der Waals surface area contributed by atoms with Crippen molar-refractivity contribution < 1.29 is 0 Å². The molecule has 9 heteroatoms. The van der Waals surface area contributed by atoms with Crippen molar-refractivity contribution in [2.45, 2.75) is 78.3 Å². The summed E-state index contributed by atoms with van der Waals surface area (Å²) in [5.41, 5.74) is 9.88. The number of aryl methyl sites for hydroxylation is 3. The molecule has 3 atom stereocenters. The number of piperidine rings is 2. The van der Waals surface area contributed by atoms with E-state index in [1.54, 1.807) is 11.2 Å². The van der Waals surface area contributed by atoms with Crippen molar-refractivity contribution in [1.29, 1.82) is 0 Å². The Labute approximate surface area is 227 Å². The number of H-pyrrole nitrogens is 1. The minimum absolute atomic E-state index is 0.413. The number of aromatic nitrogens is 7. The van der Waals surface area contributed by atoms with Gasteiger partial charge in [0.1, 0.15) is 11.2 Å². The van der Waals surface area contributed by atoms with E-state index in [1.807, 2.05) is 27.6 Å². The van der Waals surface area contributed by atoms with Gasteiger partial charge in [-0.1, -0.05) is 19.1 Å². The summed E-state index contributed by atoms with van der Waals surface area (Å²) in [6.45, 7) is 13.5. The maximum absolute atomic E-state index is 4.46. The molecule has 1 N–H and O–H groups in total. The molecule has 1 saturated carbocycles. The molecule has 2 saturated heterocycles. The third-order valence-electron chi connectivity index (χ3n) is 9.24. The van der Waals surface area contributed by atoms with Crippen LogP contribution in [0.2, 0.25) is 0 Å². The van der Waals surface area contributed by atoms with Gasteiger partial charge in [-0.25, -0.2) is 9.50 Å². The summed E-state index contributed by atoms with van der Waals surface area (Å²) in [6, 6.07) is 0.631. The zero-order chi connectivity index (χ0) is 26.3. The van der Waals surface area contributed by atoms with Crippen LogP contribution in [0.1, 0.15) is 77.8 Å². The predicted octanol–water partition coefficient (Wildman–Crippen LogP) is 5.88. The largest absolute Gasteiger partial charge is 0.346 e. The molecule has 0 spiro atoms. The smallest absolute Gasteiger partial charge is 0.158 e. The van der Waals surface area contributed by atoms with Crippen molar-refractivity contribution in [3.63, 3.8) is 0 Å². The van der Waals surface area contributed by atoms with Crippen molar-refractivity contribution in [3.8, 4) is 11.3 Å². The summed E-state index contributed by atoms with van der Waals surface area (Å²) in [4.78, 5) is 14.0. The lowest BCUT2D eigenvalue weighted by Crippen LogP contribution is -2.50. The monoisotopic (exact) mass is 528 g/mol. The van der Waals surface area contributed by atoms with Gasteiger partial charge in [0.05, 0.1) is 11.4 Å². The molecule has 2 bridgehead atoms. The van der Waals surface area contributed by atoms with Crippen LogP contribution >= 0.6 is 11.3 Å². The topological polar surface area (TPSA) is 79.9 Å². The number of pyridine rings is 1. The van der Waals surface area contributed by atoms with Crippen LogP contribution in [0, 0.1) is 26.7 Å². The Hall–Kier alpha value is -3.04. The summed E-state index contributed by atoms with van der Waals surface area (Å²) in [7, 11) is 1.95. The lowest BCUT2D eigenvalue weighted by atomic mass is 9.70. The first-order valence-electron chi connectivity index (χ1n) is 13.8. The summed E-state index contributed by atoms with van der Waals surface area (Å²) in [6.07, 6.45) is 9.73. The van der Waals surface area contributed by atoms with E-state index < -0.39 is 0 Å². The molecule has 0 radical (unpaired) electrons. The van der Waals surface area contributed by atoms with Crippen molar-refractivity contribution in [3.05, 3.63) is 51.5 Å². The normalized spacial score (nSPS) is 22.0. The van der Waals surface area contributed by atoms with Gasteiger partial charge in [0.15, 0.2) is 5.65 Å². The zero-order valence-electron chi connectivity index (χ0n) is 23.1. The Morgan fingerprint density at radius 1 is 1.11 bits per heavy atom. The molecule has 3 fully saturated rings. The van der Waals surface area contributed by atoms with Crippen LogP contribution in [-0.2, 0) is 13.6 Å². The Morgan fingerprint density at radius 2 is 1.95 bits per heavy atom. The highest BCUT2D eigenvalue weighted by Gasteiger charge is 2.42. The molecule has 1 aliphatic carbocycles. The number of nitrogens with zero attached hydrogens (tertiary/aromatic N) is 7. The maximum Gasteiger partial charge on any atom is 0.158 e. The van der Waals surface area contributed by atoms with Gasteiger partial charge >= 0.3 is 0 Å². The van der Waals surface area contributed by atoms with Crippen LogP contribution in [-0.4, -0.2) is 52.1 Å². The second-order valence-corrected chi connectivity index (χ2v) is 12.9. The SMILES string of the molecule is Cc1c(-c2[nH]c3sc([C@H]4CC5CC[C@H]4CN5Cc4cn(C)nn4)c(C)c3c2C(C)C)cn2ncnc2c1C. The zero-order valence-corrected chi connectivity index (χ0v) is 23.9. The molecule has 8 nitrogen and oxygen atoms in total. The van der Waals surface area contributed by atoms with Crippen LogP contribution in [0.15, 0.2) is 18.7 Å². The fourth-order valence-corrected chi connectivity index (χ4v) is 8.68. The van der Waals surface area contributed by atoms with E-state index in [2.05, 4.69) is 77.3 Å². The van der Waals surface area contributed by atoms with E-state index in [0.29, 0.717) is 23.8 Å². The molecular weight excluding hydrogens is 492 g/mol. The molecule has 5 aromatic rings. The average molecular weight is 529 g/mol. The van der Waals surface area contributed by atoms with Gasteiger partial charge in [-0.3, -0.25) is 9.58 Å². The summed E-state index contributed by atoms with van der Waals surface area (Å²) < 4.78 is 3.73. The maximum atomic E-state index is 4.46. The summed E-state index contributed by atoms with van der Waals surface area (Å²) in [5.74, 6) is 1.77. The molecule has 5 aromatic heterocycles. The van der Waals surface area contributed by atoms with Gasteiger partial charge < -0.3 is 4.98 Å². The van der Waals surface area contributed by atoms with E-state index in [1.165, 1.54) is 63.0 Å².